The summed E-state index contributed by atoms with van der Waals surface area (Å²) in [6, 6.07) is 70.8. The molecule has 9 aromatic carbocycles. The Balaban J connectivity index is 1.08. The van der Waals surface area contributed by atoms with Gasteiger partial charge in [0.25, 0.3) is 0 Å². The number of nitrogens with zero attached hydrogens (tertiary/aromatic N) is 2. The summed E-state index contributed by atoms with van der Waals surface area (Å²) in [4.78, 5) is 2.30. The third-order valence-corrected chi connectivity index (χ3v) is 10.9. The maximum atomic E-state index is 2.51. The second-order valence-corrected chi connectivity index (χ2v) is 13.7. The van der Waals surface area contributed by atoms with E-state index in [0.717, 1.165) is 22.7 Å². The molecule has 0 radical (unpaired) electrons. The first-order valence-electron chi connectivity index (χ1n) is 17.9. The standard InChI is InChI=1S/C50H32N2/c1-3-14-37(15-4-1)51(38-16-5-2-6-17-38)39-27-22-33(23-28-39)34-24-29-40(30-25-34)52-46-31-26-35-13-11-21-44-42-19-9-10-20-43(42)45-32-36-12-7-8-18-41(36)50(52)48(45)49(46)47(35)44/h1-32H. The van der Waals surface area contributed by atoms with Gasteiger partial charge in [0.15, 0.2) is 0 Å². The Hall–Kier alpha value is -6.90. The highest BCUT2D eigenvalue weighted by Crippen LogP contribution is 2.51. The Morgan fingerprint density at radius 2 is 0.904 bits per heavy atom. The van der Waals surface area contributed by atoms with E-state index in [4.69, 9.17) is 0 Å². The van der Waals surface area contributed by atoms with Crippen LogP contribution in [-0.4, -0.2) is 4.57 Å². The minimum absolute atomic E-state index is 1.13. The minimum atomic E-state index is 1.13. The van der Waals surface area contributed by atoms with Crippen LogP contribution in [0.2, 0.25) is 0 Å². The summed E-state index contributed by atoms with van der Waals surface area (Å²) in [5.41, 5.74) is 14.6. The number of hydrogen-bond donors (Lipinski definition) is 0. The van der Waals surface area contributed by atoms with Gasteiger partial charge in [-0.3, -0.25) is 0 Å². The van der Waals surface area contributed by atoms with Crippen LogP contribution in [0.25, 0.3) is 82.4 Å². The summed E-state index contributed by atoms with van der Waals surface area (Å²) in [5.74, 6) is 0. The van der Waals surface area contributed by atoms with Crippen LogP contribution in [0.15, 0.2) is 194 Å². The molecule has 10 aromatic rings. The summed E-state index contributed by atoms with van der Waals surface area (Å²) in [6.07, 6.45) is 0. The summed E-state index contributed by atoms with van der Waals surface area (Å²) in [6.45, 7) is 0. The number of aromatic nitrogens is 1. The van der Waals surface area contributed by atoms with Gasteiger partial charge in [0.2, 0.25) is 0 Å². The Bertz CT molecular complexity index is 2940. The van der Waals surface area contributed by atoms with E-state index < -0.39 is 0 Å². The number of rotatable bonds is 5. The summed E-state index contributed by atoms with van der Waals surface area (Å²) >= 11 is 0. The molecule has 0 aliphatic heterocycles. The molecule has 0 bridgehead atoms. The normalized spacial score (nSPS) is 11.8. The predicted octanol–water partition coefficient (Wildman–Crippen LogP) is 13.9. The Kier molecular flexibility index (Phi) is 6.28. The molecule has 0 N–H and O–H groups in total. The van der Waals surface area contributed by atoms with E-state index in [0.29, 0.717) is 0 Å². The molecule has 2 heteroatoms. The first-order chi connectivity index (χ1) is 25.8. The molecule has 0 unspecified atom stereocenters. The van der Waals surface area contributed by atoms with Gasteiger partial charge in [0.05, 0.1) is 11.0 Å². The first kappa shape index (κ1) is 28.9. The molecule has 0 saturated heterocycles. The van der Waals surface area contributed by atoms with E-state index in [1.54, 1.807) is 0 Å². The lowest BCUT2D eigenvalue weighted by molar-refractivity contribution is 1.19. The van der Waals surface area contributed by atoms with Crippen LogP contribution >= 0.6 is 0 Å². The zero-order valence-corrected chi connectivity index (χ0v) is 28.4. The monoisotopic (exact) mass is 660 g/mol. The summed E-state index contributed by atoms with van der Waals surface area (Å²) in [5, 5.41) is 7.80. The lowest BCUT2D eigenvalue weighted by atomic mass is 9.92. The Labute approximate surface area is 302 Å². The van der Waals surface area contributed by atoms with Crippen LogP contribution in [0, 0.1) is 0 Å². The molecule has 1 heterocycles. The van der Waals surface area contributed by atoms with Crippen molar-refractivity contribution in [1.29, 1.82) is 0 Å². The summed E-state index contributed by atoms with van der Waals surface area (Å²) in [7, 11) is 0. The maximum absolute atomic E-state index is 2.51. The quantitative estimate of drug-likeness (QED) is 0.178. The van der Waals surface area contributed by atoms with Gasteiger partial charge in [-0.1, -0.05) is 133 Å². The smallest absolute Gasteiger partial charge is 0.0625 e. The number of hydrogen-bond acceptors (Lipinski definition) is 1. The van der Waals surface area contributed by atoms with Crippen molar-refractivity contribution in [2.24, 2.45) is 0 Å². The van der Waals surface area contributed by atoms with E-state index in [-0.39, 0.29) is 0 Å². The SMILES string of the molecule is c1ccc(N(c2ccccc2)c2ccc(-c3ccc(-n4c5ccc6cccc7c6c5c5c(cc6ccccc6c54)-c4ccccc4-7)cc3)cc2)cc1. The van der Waals surface area contributed by atoms with Crippen molar-refractivity contribution in [3.05, 3.63) is 194 Å². The fourth-order valence-corrected chi connectivity index (χ4v) is 8.61. The minimum Gasteiger partial charge on any atom is -0.311 e. The van der Waals surface area contributed by atoms with Crippen molar-refractivity contribution in [3.63, 3.8) is 0 Å². The fraction of sp³-hybridized carbons (Fsp3) is 0. The number of para-hydroxylation sites is 2. The predicted molar refractivity (Wildman–Crippen MR) is 220 cm³/mol. The van der Waals surface area contributed by atoms with Crippen molar-refractivity contribution < 1.29 is 0 Å². The molecule has 11 rings (SSSR count). The first-order valence-corrected chi connectivity index (χ1v) is 17.9. The van der Waals surface area contributed by atoms with Gasteiger partial charge in [-0.15, -0.1) is 0 Å². The molecule has 1 aliphatic carbocycles. The lowest BCUT2D eigenvalue weighted by Crippen LogP contribution is -2.09. The van der Waals surface area contributed by atoms with E-state index in [2.05, 4.69) is 204 Å². The van der Waals surface area contributed by atoms with Crippen LogP contribution in [0.4, 0.5) is 17.1 Å². The molecule has 2 nitrogen and oxygen atoms in total. The summed E-state index contributed by atoms with van der Waals surface area (Å²) < 4.78 is 2.51. The van der Waals surface area contributed by atoms with Crippen LogP contribution in [0.5, 0.6) is 0 Å². The molecular formula is C50H32N2. The topological polar surface area (TPSA) is 8.17 Å². The highest BCUT2D eigenvalue weighted by molar-refractivity contribution is 6.34. The lowest BCUT2D eigenvalue weighted by Gasteiger charge is -2.25. The van der Waals surface area contributed by atoms with Gasteiger partial charge in [-0.05, 0) is 110 Å². The van der Waals surface area contributed by atoms with Gasteiger partial charge >= 0.3 is 0 Å². The average molecular weight is 661 g/mol. The highest BCUT2D eigenvalue weighted by Gasteiger charge is 2.26. The molecule has 0 fully saturated rings. The van der Waals surface area contributed by atoms with E-state index >= 15 is 0 Å². The zero-order chi connectivity index (χ0) is 34.2. The molecule has 0 saturated carbocycles. The largest absolute Gasteiger partial charge is 0.311 e. The highest BCUT2D eigenvalue weighted by atomic mass is 15.1. The fourth-order valence-electron chi connectivity index (χ4n) is 8.61. The van der Waals surface area contributed by atoms with E-state index in [1.165, 1.54) is 76.7 Å². The van der Waals surface area contributed by atoms with Crippen LogP contribution in [0.1, 0.15) is 0 Å². The third-order valence-electron chi connectivity index (χ3n) is 10.9. The van der Waals surface area contributed by atoms with Gasteiger partial charge < -0.3 is 9.47 Å². The van der Waals surface area contributed by atoms with Crippen molar-refractivity contribution in [2.75, 3.05) is 4.90 Å². The number of anilines is 3. The molecule has 1 aromatic heterocycles. The zero-order valence-electron chi connectivity index (χ0n) is 28.4. The van der Waals surface area contributed by atoms with Crippen molar-refractivity contribution in [2.45, 2.75) is 0 Å². The van der Waals surface area contributed by atoms with Crippen LogP contribution < -0.4 is 4.90 Å². The number of benzene rings is 9. The van der Waals surface area contributed by atoms with Crippen molar-refractivity contribution in [3.8, 4) is 39.1 Å². The van der Waals surface area contributed by atoms with Gasteiger partial charge in [0, 0.05) is 38.9 Å². The van der Waals surface area contributed by atoms with Crippen molar-refractivity contribution in [1.82, 2.24) is 4.57 Å². The average Bonchev–Trinajstić information content (AvgIpc) is 3.51. The van der Waals surface area contributed by atoms with E-state index in [1.807, 2.05) is 0 Å². The van der Waals surface area contributed by atoms with E-state index in [9.17, 15) is 0 Å². The Morgan fingerprint density at radius 1 is 0.346 bits per heavy atom. The molecule has 52 heavy (non-hydrogen) atoms. The van der Waals surface area contributed by atoms with Crippen molar-refractivity contribution >= 4 is 60.4 Å². The second kappa shape index (κ2) is 11.3. The maximum Gasteiger partial charge on any atom is 0.0625 e. The molecule has 0 atom stereocenters. The molecule has 242 valence electrons. The molecule has 0 amide bonds. The molecular weight excluding hydrogens is 629 g/mol. The van der Waals surface area contributed by atoms with Crippen LogP contribution in [-0.2, 0) is 0 Å². The second-order valence-electron chi connectivity index (χ2n) is 13.7. The van der Waals surface area contributed by atoms with Gasteiger partial charge in [0.1, 0.15) is 0 Å². The van der Waals surface area contributed by atoms with Crippen LogP contribution in [0.3, 0.4) is 0 Å². The third kappa shape index (κ3) is 4.25. The van der Waals surface area contributed by atoms with Gasteiger partial charge in [-0.25, -0.2) is 0 Å². The molecule has 1 aliphatic rings. The molecule has 0 spiro atoms. The number of fused-ring (bicyclic) bond motifs is 5. The van der Waals surface area contributed by atoms with Gasteiger partial charge in [-0.2, -0.15) is 0 Å². The Morgan fingerprint density at radius 3 is 1.62 bits per heavy atom.